The number of thiazole rings is 1. The first-order valence-corrected chi connectivity index (χ1v) is 9.11. The zero-order chi connectivity index (χ0) is 17.0. The average Bonchev–Trinajstić information content (AvgIpc) is 3.02. The third-order valence-electron chi connectivity index (χ3n) is 4.39. The fourth-order valence-electron chi connectivity index (χ4n) is 2.79. The van der Waals surface area contributed by atoms with Crippen molar-refractivity contribution in [1.29, 1.82) is 0 Å². The van der Waals surface area contributed by atoms with E-state index in [9.17, 15) is 4.79 Å². The van der Waals surface area contributed by atoms with Crippen LogP contribution >= 0.6 is 23.7 Å². The SMILES string of the molecule is CCc1cccc(Cc2cnc(NC(=O)C3(N)CCOCC3)s2)c1.Cl. The van der Waals surface area contributed by atoms with Gasteiger partial charge in [-0.3, -0.25) is 4.79 Å². The smallest absolute Gasteiger partial charge is 0.246 e. The van der Waals surface area contributed by atoms with E-state index >= 15 is 0 Å². The molecule has 5 nitrogen and oxygen atoms in total. The molecular formula is C18H24ClN3O2S. The highest BCUT2D eigenvalue weighted by atomic mass is 35.5. The van der Waals surface area contributed by atoms with Crippen LogP contribution in [0, 0.1) is 0 Å². The number of nitrogens with zero attached hydrogens (tertiary/aromatic N) is 1. The second-order valence-corrected chi connectivity index (χ2v) is 7.32. The lowest BCUT2D eigenvalue weighted by molar-refractivity contribution is -0.124. The molecule has 136 valence electrons. The van der Waals surface area contributed by atoms with Crippen molar-refractivity contribution in [3.8, 4) is 0 Å². The highest BCUT2D eigenvalue weighted by Crippen LogP contribution is 2.24. The van der Waals surface area contributed by atoms with Gasteiger partial charge in [0.1, 0.15) is 5.54 Å². The number of anilines is 1. The second kappa shape index (κ2) is 8.76. The molecule has 1 fully saturated rings. The zero-order valence-corrected chi connectivity index (χ0v) is 15.9. The quantitative estimate of drug-likeness (QED) is 0.833. The maximum absolute atomic E-state index is 12.4. The Kier molecular flexibility index (Phi) is 6.95. The van der Waals surface area contributed by atoms with Crippen LogP contribution in [0.3, 0.4) is 0 Å². The van der Waals surface area contributed by atoms with Crippen LogP contribution in [0.15, 0.2) is 30.5 Å². The Labute approximate surface area is 158 Å². The Hall–Kier alpha value is -1.47. The molecule has 1 aromatic carbocycles. The number of carbonyl (C=O) groups excluding carboxylic acids is 1. The summed E-state index contributed by atoms with van der Waals surface area (Å²) in [6.07, 6.45) is 4.76. The molecule has 2 heterocycles. The fourth-order valence-corrected chi connectivity index (χ4v) is 3.63. The molecule has 0 radical (unpaired) electrons. The lowest BCUT2D eigenvalue weighted by atomic mass is 9.90. The van der Waals surface area contributed by atoms with E-state index in [0.29, 0.717) is 31.2 Å². The van der Waals surface area contributed by atoms with Gasteiger partial charge in [0.15, 0.2) is 5.13 Å². The van der Waals surface area contributed by atoms with E-state index < -0.39 is 5.54 Å². The van der Waals surface area contributed by atoms with Crippen molar-refractivity contribution >= 4 is 34.8 Å². The third kappa shape index (κ3) is 5.01. The molecular weight excluding hydrogens is 358 g/mol. The summed E-state index contributed by atoms with van der Waals surface area (Å²) >= 11 is 1.50. The molecule has 2 aromatic rings. The normalized spacial score (nSPS) is 16.1. The molecule has 3 N–H and O–H groups in total. The minimum absolute atomic E-state index is 0. The van der Waals surface area contributed by atoms with Gasteiger partial charge in [-0.1, -0.05) is 31.2 Å². The van der Waals surface area contributed by atoms with Gasteiger partial charge in [0.05, 0.1) is 0 Å². The largest absolute Gasteiger partial charge is 0.381 e. The van der Waals surface area contributed by atoms with Gasteiger partial charge in [-0.2, -0.15) is 0 Å². The summed E-state index contributed by atoms with van der Waals surface area (Å²) in [6.45, 7) is 3.21. The van der Waals surface area contributed by atoms with E-state index in [0.717, 1.165) is 17.7 Å². The van der Waals surface area contributed by atoms with Crippen LogP contribution in [0.5, 0.6) is 0 Å². The maximum atomic E-state index is 12.4. The molecule has 7 heteroatoms. The molecule has 0 atom stereocenters. The molecule has 25 heavy (non-hydrogen) atoms. The van der Waals surface area contributed by atoms with Crippen LogP contribution < -0.4 is 11.1 Å². The van der Waals surface area contributed by atoms with Crippen molar-refractivity contribution in [2.45, 2.75) is 38.1 Å². The first-order valence-electron chi connectivity index (χ1n) is 8.30. The maximum Gasteiger partial charge on any atom is 0.246 e. The van der Waals surface area contributed by atoms with Crippen molar-refractivity contribution in [3.63, 3.8) is 0 Å². The van der Waals surface area contributed by atoms with Crippen molar-refractivity contribution in [2.24, 2.45) is 5.73 Å². The minimum Gasteiger partial charge on any atom is -0.381 e. The minimum atomic E-state index is -0.848. The van der Waals surface area contributed by atoms with E-state index in [4.69, 9.17) is 10.5 Å². The molecule has 1 aromatic heterocycles. The monoisotopic (exact) mass is 381 g/mol. The number of amides is 1. The predicted octanol–water partition coefficient (Wildman–Crippen LogP) is 3.16. The number of rotatable bonds is 5. The standard InChI is InChI=1S/C18H23N3O2S.ClH/c1-2-13-4-3-5-14(10-13)11-15-12-20-17(24-15)21-16(22)18(19)6-8-23-9-7-18;/h3-5,10,12H,2,6-9,11,19H2,1H3,(H,20,21,22);1H. The predicted molar refractivity (Wildman–Crippen MR) is 104 cm³/mol. The Morgan fingerprint density at radius 1 is 1.36 bits per heavy atom. The van der Waals surface area contributed by atoms with Gasteiger partial charge in [0.2, 0.25) is 5.91 Å². The Bertz CT molecular complexity index is 714. The van der Waals surface area contributed by atoms with E-state index in [2.05, 4.69) is 41.5 Å². The first kappa shape index (κ1) is 19.8. The van der Waals surface area contributed by atoms with E-state index in [1.54, 1.807) is 0 Å². The number of ether oxygens (including phenoxy) is 1. The summed E-state index contributed by atoms with van der Waals surface area (Å²) < 4.78 is 5.28. The number of aryl methyl sites for hydroxylation is 1. The first-order chi connectivity index (χ1) is 11.6. The van der Waals surface area contributed by atoms with Crippen LogP contribution in [-0.4, -0.2) is 29.6 Å². The van der Waals surface area contributed by atoms with Gasteiger partial charge in [0, 0.05) is 30.7 Å². The lowest BCUT2D eigenvalue weighted by Gasteiger charge is -2.31. The Balaban J connectivity index is 0.00000225. The van der Waals surface area contributed by atoms with Crippen LogP contribution in [-0.2, 0) is 22.4 Å². The fraction of sp³-hybridized carbons (Fsp3) is 0.444. The van der Waals surface area contributed by atoms with Gasteiger partial charge in [-0.05, 0) is 30.4 Å². The summed E-state index contributed by atoms with van der Waals surface area (Å²) in [5.41, 5.74) is 7.94. The number of hydrogen-bond donors (Lipinski definition) is 2. The summed E-state index contributed by atoms with van der Waals surface area (Å²) in [5.74, 6) is -0.167. The average molecular weight is 382 g/mol. The van der Waals surface area contributed by atoms with Gasteiger partial charge < -0.3 is 15.8 Å². The topological polar surface area (TPSA) is 77.2 Å². The van der Waals surface area contributed by atoms with Crippen LogP contribution in [0.4, 0.5) is 5.13 Å². The van der Waals surface area contributed by atoms with Gasteiger partial charge in [-0.25, -0.2) is 4.98 Å². The molecule has 0 unspecified atom stereocenters. The van der Waals surface area contributed by atoms with Crippen molar-refractivity contribution < 1.29 is 9.53 Å². The van der Waals surface area contributed by atoms with Gasteiger partial charge in [0.25, 0.3) is 0 Å². The number of hydrogen-bond acceptors (Lipinski definition) is 5. The summed E-state index contributed by atoms with van der Waals surface area (Å²) in [4.78, 5) is 17.9. The summed E-state index contributed by atoms with van der Waals surface area (Å²) in [6, 6.07) is 8.56. The number of aromatic nitrogens is 1. The van der Waals surface area contributed by atoms with Crippen molar-refractivity contribution in [3.05, 3.63) is 46.5 Å². The third-order valence-corrected chi connectivity index (χ3v) is 5.30. The van der Waals surface area contributed by atoms with Crippen LogP contribution in [0.1, 0.15) is 35.8 Å². The number of nitrogens with two attached hydrogens (primary N) is 1. The second-order valence-electron chi connectivity index (χ2n) is 6.20. The number of benzene rings is 1. The molecule has 0 spiro atoms. The molecule has 0 aliphatic carbocycles. The molecule has 3 rings (SSSR count). The zero-order valence-electron chi connectivity index (χ0n) is 14.3. The molecule has 0 saturated carbocycles. The van der Waals surface area contributed by atoms with E-state index in [-0.39, 0.29) is 18.3 Å². The summed E-state index contributed by atoms with van der Waals surface area (Å²) in [7, 11) is 0. The highest BCUT2D eigenvalue weighted by molar-refractivity contribution is 7.15. The van der Waals surface area contributed by atoms with Crippen LogP contribution in [0.25, 0.3) is 0 Å². The molecule has 1 amide bonds. The number of halogens is 1. The Morgan fingerprint density at radius 3 is 2.80 bits per heavy atom. The van der Waals surface area contributed by atoms with Gasteiger partial charge >= 0.3 is 0 Å². The van der Waals surface area contributed by atoms with E-state index in [1.165, 1.54) is 22.5 Å². The van der Waals surface area contributed by atoms with Crippen LogP contribution in [0.2, 0.25) is 0 Å². The lowest BCUT2D eigenvalue weighted by Crippen LogP contribution is -2.54. The van der Waals surface area contributed by atoms with E-state index in [1.807, 2.05) is 6.20 Å². The number of carbonyl (C=O) groups is 1. The highest BCUT2D eigenvalue weighted by Gasteiger charge is 2.36. The molecule has 1 aliphatic heterocycles. The molecule has 0 bridgehead atoms. The Morgan fingerprint density at radius 2 is 2.08 bits per heavy atom. The van der Waals surface area contributed by atoms with Gasteiger partial charge in [-0.15, -0.1) is 23.7 Å². The van der Waals surface area contributed by atoms with Crippen molar-refractivity contribution in [1.82, 2.24) is 4.98 Å². The molecule has 1 aliphatic rings. The summed E-state index contributed by atoms with van der Waals surface area (Å²) in [5, 5.41) is 3.48. The van der Waals surface area contributed by atoms with Crippen molar-refractivity contribution in [2.75, 3.05) is 18.5 Å². The number of nitrogens with one attached hydrogen (secondary N) is 1. The molecule has 1 saturated heterocycles.